The van der Waals surface area contributed by atoms with Crippen molar-refractivity contribution in [2.75, 3.05) is 32.9 Å². The number of rotatable bonds is 4. The summed E-state index contributed by atoms with van der Waals surface area (Å²) in [5.41, 5.74) is 2.54. The van der Waals surface area contributed by atoms with Gasteiger partial charge in [-0.25, -0.2) is 0 Å². The number of hydrogen-bond donors (Lipinski definition) is 1. The lowest BCUT2D eigenvalue weighted by Gasteiger charge is -2.26. The lowest BCUT2D eigenvalue weighted by atomic mass is 10.1. The van der Waals surface area contributed by atoms with Crippen LogP contribution in [0.1, 0.15) is 11.1 Å². The summed E-state index contributed by atoms with van der Waals surface area (Å²) in [6.45, 7) is 4.94. The molecule has 1 aromatic carbocycles. The Morgan fingerprint density at radius 3 is 2.69 bits per heavy atom. The van der Waals surface area contributed by atoms with E-state index in [1.54, 1.807) is 0 Å². The summed E-state index contributed by atoms with van der Waals surface area (Å²) in [7, 11) is 0. The molecule has 1 aliphatic heterocycles. The molecule has 0 atom stereocenters. The maximum absolute atomic E-state index is 8.91. The zero-order chi connectivity index (χ0) is 11.2. The summed E-state index contributed by atoms with van der Waals surface area (Å²) in [6.07, 6.45) is 0.747. The minimum atomic E-state index is 0.223. The molecule has 1 aromatic rings. The molecule has 1 saturated heterocycles. The van der Waals surface area contributed by atoms with E-state index in [1.807, 2.05) is 0 Å². The van der Waals surface area contributed by atoms with Gasteiger partial charge < -0.3 is 9.84 Å². The predicted molar refractivity (Wildman–Crippen MR) is 63.3 cm³/mol. The topological polar surface area (TPSA) is 32.7 Å². The first-order chi connectivity index (χ1) is 7.88. The zero-order valence-corrected chi connectivity index (χ0v) is 9.56. The standard InChI is InChI=1S/C13H19NO2/c15-7-4-12-2-1-3-13(10-12)11-14-5-8-16-9-6-14/h1-3,10,15H,4-9,11H2. The second-order valence-corrected chi connectivity index (χ2v) is 4.18. The SMILES string of the molecule is OCCc1cccc(CN2CCOCC2)c1. The maximum Gasteiger partial charge on any atom is 0.0594 e. The van der Waals surface area contributed by atoms with Crippen LogP contribution in [0.15, 0.2) is 24.3 Å². The van der Waals surface area contributed by atoms with E-state index >= 15 is 0 Å². The van der Waals surface area contributed by atoms with Crippen molar-refractivity contribution in [2.24, 2.45) is 0 Å². The Bertz CT molecular complexity index is 321. The summed E-state index contributed by atoms with van der Waals surface area (Å²) in [5, 5.41) is 8.91. The van der Waals surface area contributed by atoms with E-state index in [2.05, 4.69) is 29.2 Å². The van der Waals surface area contributed by atoms with Crippen molar-refractivity contribution in [2.45, 2.75) is 13.0 Å². The van der Waals surface area contributed by atoms with Gasteiger partial charge in [0, 0.05) is 26.2 Å². The van der Waals surface area contributed by atoms with Crippen LogP contribution in [0.5, 0.6) is 0 Å². The van der Waals surface area contributed by atoms with Gasteiger partial charge in [-0.3, -0.25) is 4.90 Å². The molecule has 16 heavy (non-hydrogen) atoms. The first-order valence-electron chi connectivity index (χ1n) is 5.87. The molecule has 1 N–H and O–H groups in total. The van der Waals surface area contributed by atoms with E-state index in [-0.39, 0.29) is 6.61 Å². The third-order valence-corrected chi connectivity index (χ3v) is 2.90. The van der Waals surface area contributed by atoms with E-state index in [0.717, 1.165) is 39.3 Å². The smallest absolute Gasteiger partial charge is 0.0594 e. The van der Waals surface area contributed by atoms with Gasteiger partial charge in [-0.1, -0.05) is 24.3 Å². The molecule has 2 rings (SSSR count). The summed E-state index contributed by atoms with van der Waals surface area (Å²) in [6, 6.07) is 8.47. The van der Waals surface area contributed by atoms with Crippen LogP contribution in [0.25, 0.3) is 0 Å². The first kappa shape index (κ1) is 11.6. The van der Waals surface area contributed by atoms with Gasteiger partial charge in [0.05, 0.1) is 13.2 Å². The van der Waals surface area contributed by atoms with Gasteiger partial charge >= 0.3 is 0 Å². The van der Waals surface area contributed by atoms with Gasteiger partial charge in [0.15, 0.2) is 0 Å². The highest BCUT2D eigenvalue weighted by Gasteiger charge is 2.10. The average Bonchev–Trinajstić information content (AvgIpc) is 2.31. The molecule has 0 bridgehead atoms. The second-order valence-electron chi connectivity index (χ2n) is 4.18. The molecule has 3 heteroatoms. The number of nitrogens with zero attached hydrogens (tertiary/aromatic N) is 1. The molecule has 88 valence electrons. The monoisotopic (exact) mass is 221 g/mol. The Hall–Kier alpha value is -0.900. The molecule has 0 amide bonds. The third-order valence-electron chi connectivity index (χ3n) is 2.90. The van der Waals surface area contributed by atoms with Crippen LogP contribution >= 0.6 is 0 Å². The highest BCUT2D eigenvalue weighted by atomic mass is 16.5. The Morgan fingerprint density at radius 1 is 1.19 bits per heavy atom. The summed E-state index contributed by atoms with van der Waals surface area (Å²) < 4.78 is 5.32. The van der Waals surface area contributed by atoms with Crippen molar-refractivity contribution < 1.29 is 9.84 Å². The van der Waals surface area contributed by atoms with Gasteiger partial charge in [0.1, 0.15) is 0 Å². The fourth-order valence-corrected chi connectivity index (χ4v) is 2.03. The number of aliphatic hydroxyl groups is 1. The molecular formula is C13H19NO2. The van der Waals surface area contributed by atoms with Crippen LogP contribution in [0.3, 0.4) is 0 Å². The summed E-state index contributed by atoms with van der Waals surface area (Å²) in [4.78, 5) is 2.40. The van der Waals surface area contributed by atoms with Gasteiger partial charge in [-0.2, -0.15) is 0 Å². The fraction of sp³-hybridized carbons (Fsp3) is 0.538. The molecule has 0 radical (unpaired) electrons. The van der Waals surface area contributed by atoms with Crippen LogP contribution in [-0.4, -0.2) is 42.9 Å². The van der Waals surface area contributed by atoms with Crippen molar-refractivity contribution in [1.82, 2.24) is 4.90 Å². The Labute approximate surface area is 96.6 Å². The van der Waals surface area contributed by atoms with Gasteiger partial charge in [-0.05, 0) is 17.5 Å². The van der Waals surface area contributed by atoms with E-state index in [4.69, 9.17) is 9.84 Å². The molecular weight excluding hydrogens is 202 g/mol. The minimum Gasteiger partial charge on any atom is -0.396 e. The van der Waals surface area contributed by atoms with Crippen molar-refractivity contribution in [3.8, 4) is 0 Å². The van der Waals surface area contributed by atoms with Crippen molar-refractivity contribution in [1.29, 1.82) is 0 Å². The highest BCUT2D eigenvalue weighted by Crippen LogP contribution is 2.10. The Balaban J connectivity index is 1.94. The maximum atomic E-state index is 8.91. The molecule has 3 nitrogen and oxygen atoms in total. The molecule has 0 aliphatic carbocycles. The van der Waals surface area contributed by atoms with E-state index in [0.29, 0.717) is 0 Å². The van der Waals surface area contributed by atoms with Crippen molar-refractivity contribution >= 4 is 0 Å². The molecule has 0 saturated carbocycles. The third kappa shape index (κ3) is 3.30. The Morgan fingerprint density at radius 2 is 1.94 bits per heavy atom. The van der Waals surface area contributed by atoms with Crippen LogP contribution in [-0.2, 0) is 17.7 Å². The quantitative estimate of drug-likeness (QED) is 0.825. The minimum absolute atomic E-state index is 0.223. The van der Waals surface area contributed by atoms with Gasteiger partial charge in [0.2, 0.25) is 0 Å². The van der Waals surface area contributed by atoms with E-state index < -0.39 is 0 Å². The summed E-state index contributed by atoms with van der Waals surface area (Å²) >= 11 is 0. The molecule has 0 spiro atoms. The largest absolute Gasteiger partial charge is 0.396 e. The highest BCUT2D eigenvalue weighted by molar-refractivity contribution is 5.23. The average molecular weight is 221 g/mol. The predicted octanol–water partition coefficient (Wildman–Crippen LogP) is 1.05. The van der Waals surface area contributed by atoms with Crippen LogP contribution in [0, 0.1) is 0 Å². The lowest BCUT2D eigenvalue weighted by molar-refractivity contribution is 0.0342. The fourth-order valence-electron chi connectivity index (χ4n) is 2.03. The van der Waals surface area contributed by atoms with Gasteiger partial charge in [-0.15, -0.1) is 0 Å². The number of hydrogen-bond acceptors (Lipinski definition) is 3. The van der Waals surface area contributed by atoms with Crippen molar-refractivity contribution in [3.05, 3.63) is 35.4 Å². The Kier molecular flexibility index (Phi) is 4.34. The number of ether oxygens (including phenoxy) is 1. The molecule has 1 heterocycles. The van der Waals surface area contributed by atoms with Crippen LogP contribution < -0.4 is 0 Å². The van der Waals surface area contributed by atoms with Crippen LogP contribution in [0.4, 0.5) is 0 Å². The number of benzene rings is 1. The number of morpholine rings is 1. The van der Waals surface area contributed by atoms with Crippen LogP contribution in [0.2, 0.25) is 0 Å². The summed E-state index contributed by atoms with van der Waals surface area (Å²) in [5.74, 6) is 0. The molecule has 0 unspecified atom stereocenters. The van der Waals surface area contributed by atoms with E-state index in [1.165, 1.54) is 11.1 Å². The molecule has 0 aromatic heterocycles. The van der Waals surface area contributed by atoms with E-state index in [9.17, 15) is 0 Å². The first-order valence-corrected chi connectivity index (χ1v) is 5.87. The normalized spacial score (nSPS) is 17.6. The molecule has 1 fully saturated rings. The van der Waals surface area contributed by atoms with Gasteiger partial charge in [0.25, 0.3) is 0 Å². The zero-order valence-electron chi connectivity index (χ0n) is 9.56. The second kappa shape index (κ2) is 5.99. The lowest BCUT2D eigenvalue weighted by Crippen LogP contribution is -2.35. The van der Waals surface area contributed by atoms with Crippen molar-refractivity contribution in [3.63, 3.8) is 0 Å². The molecule has 1 aliphatic rings. The number of aliphatic hydroxyl groups excluding tert-OH is 1.